The number of carbonyl (C=O) groups is 1. The van der Waals surface area contributed by atoms with Crippen LogP contribution in [0.5, 0.6) is 0 Å². The van der Waals surface area contributed by atoms with Gasteiger partial charge in [0, 0.05) is 0 Å². The minimum atomic E-state index is -0.0342. The monoisotopic (exact) mass is 258 g/mol. The fourth-order valence-corrected chi connectivity index (χ4v) is 2.49. The summed E-state index contributed by atoms with van der Waals surface area (Å²) in [4.78, 5) is 11.9. The van der Waals surface area contributed by atoms with Crippen LogP contribution in [0.3, 0.4) is 0 Å². The summed E-state index contributed by atoms with van der Waals surface area (Å²) in [5, 5.41) is 0. The third kappa shape index (κ3) is 4.23. The van der Waals surface area contributed by atoms with E-state index in [1.54, 1.807) is 0 Å². The molecular weight excluding hydrogens is 236 g/mol. The van der Waals surface area contributed by atoms with E-state index in [1.165, 1.54) is 11.1 Å². The molecule has 19 heavy (non-hydrogen) atoms. The Hall–Kier alpha value is -1.57. The first-order chi connectivity index (χ1) is 9.15. The summed E-state index contributed by atoms with van der Waals surface area (Å²) in [5.74, 6) is 0.530. The van der Waals surface area contributed by atoms with Crippen LogP contribution < -0.4 is 0 Å². The molecule has 1 atom stereocenters. The quantitative estimate of drug-likeness (QED) is 0.607. The average molecular weight is 258 g/mol. The minimum Gasteiger partial charge on any atom is -0.461 e. The van der Waals surface area contributed by atoms with E-state index in [0.717, 1.165) is 19.3 Å². The van der Waals surface area contributed by atoms with Crippen molar-refractivity contribution < 1.29 is 9.53 Å². The lowest BCUT2D eigenvalue weighted by Crippen LogP contribution is -2.18. The van der Waals surface area contributed by atoms with E-state index in [9.17, 15) is 4.79 Å². The summed E-state index contributed by atoms with van der Waals surface area (Å²) in [7, 11) is 0. The first kappa shape index (κ1) is 13.9. The van der Waals surface area contributed by atoms with Gasteiger partial charge >= 0.3 is 5.97 Å². The molecule has 1 aliphatic heterocycles. The predicted molar refractivity (Wildman–Crippen MR) is 76.8 cm³/mol. The number of allylic oxidation sites excluding steroid dienone is 1. The molecule has 0 saturated carbocycles. The molecule has 1 aliphatic rings. The van der Waals surface area contributed by atoms with Gasteiger partial charge in [0.25, 0.3) is 0 Å². The zero-order valence-corrected chi connectivity index (χ0v) is 11.8. The Bertz CT molecular complexity index is 446. The average Bonchev–Trinajstić information content (AvgIpc) is 2.55. The molecule has 1 aromatic rings. The Labute approximate surface area is 115 Å². The highest BCUT2D eigenvalue weighted by molar-refractivity contribution is 5.73. The van der Waals surface area contributed by atoms with Gasteiger partial charge in [0.05, 0.1) is 5.92 Å². The highest BCUT2D eigenvalue weighted by Crippen LogP contribution is 2.23. The van der Waals surface area contributed by atoms with Gasteiger partial charge in [-0.1, -0.05) is 50.3 Å². The molecule has 1 aromatic carbocycles. The van der Waals surface area contributed by atoms with Crippen molar-refractivity contribution in [2.75, 3.05) is 6.61 Å². The maximum atomic E-state index is 11.9. The predicted octanol–water partition coefficient (Wildman–Crippen LogP) is 3.76. The van der Waals surface area contributed by atoms with E-state index in [2.05, 4.69) is 32.1 Å². The molecule has 0 amide bonds. The molecule has 0 spiro atoms. The zero-order valence-electron chi connectivity index (χ0n) is 11.8. The summed E-state index contributed by atoms with van der Waals surface area (Å²) < 4.78 is 5.39. The van der Waals surface area contributed by atoms with E-state index < -0.39 is 0 Å². The lowest BCUT2D eigenvalue weighted by molar-refractivity contribution is -0.147. The highest BCUT2D eigenvalue weighted by atomic mass is 16.5. The molecule has 2 nitrogen and oxygen atoms in total. The molecule has 2 heteroatoms. The van der Waals surface area contributed by atoms with Gasteiger partial charge in [0.15, 0.2) is 0 Å². The molecule has 0 N–H and O–H groups in total. The van der Waals surface area contributed by atoms with Crippen molar-refractivity contribution in [2.45, 2.75) is 33.1 Å². The number of esters is 1. The Balaban J connectivity index is 2.00. The molecule has 0 radical (unpaired) electrons. The van der Waals surface area contributed by atoms with Gasteiger partial charge in [-0.3, -0.25) is 4.79 Å². The summed E-state index contributed by atoms with van der Waals surface area (Å²) in [5.41, 5.74) is 2.48. The zero-order chi connectivity index (χ0) is 13.7. The number of benzene rings is 1. The normalized spacial score (nSPS) is 19.8. The lowest BCUT2D eigenvalue weighted by atomic mass is 9.93. The van der Waals surface area contributed by atoms with Crippen LogP contribution >= 0.6 is 0 Å². The van der Waals surface area contributed by atoms with Crippen molar-refractivity contribution >= 4 is 5.97 Å². The van der Waals surface area contributed by atoms with Crippen molar-refractivity contribution in [2.24, 2.45) is 11.8 Å². The van der Waals surface area contributed by atoms with Crippen LogP contribution in [0.1, 0.15) is 32.3 Å². The maximum Gasteiger partial charge on any atom is 0.309 e. The molecule has 1 heterocycles. The summed E-state index contributed by atoms with van der Waals surface area (Å²) in [6.07, 6.45) is 4.81. The fourth-order valence-electron chi connectivity index (χ4n) is 2.49. The van der Waals surface area contributed by atoms with E-state index >= 15 is 0 Å². The van der Waals surface area contributed by atoms with Crippen molar-refractivity contribution in [1.29, 1.82) is 0 Å². The topological polar surface area (TPSA) is 26.3 Å². The first-order valence-corrected chi connectivity index (χ1v) is 7.03. The number of hydrogen-bond donors (Lipinski definition) is 0. The molecule has 0 saturated heterocycles. The molecule has 0 aromatic heterocycles. The Morgan fingerprint density at radius 1 is 1.26 bits per heavy atom. The molecule has 2 rings (SSSR count). The molecular formula is C17H22O2. The molecule has 0 fully saturated rings. The standard InChI is InChI=1S/C17H22O2/c1-13(2)10-16-9-8-15(12-19-17(16)18)11-14-6-4-3-5-7-14/h3-8,13,16H,9-12H2,1-2H3/t16-/m1/s1. The van der Waals surface area contributed by atoms with Crippen molar-refractivity contribution in [3.05, 3.63) is 47.5 Å². The van der Waals surface area contributed by atoms with Crippen LogP contribution in [0.15, 0.2) is 42.0 Å². The number of ether oxygens (including phenoxy) is 1. The van der Waals surface area contributed by atoms with Crippen LogP contribution in [0, 0.1) is 11.8 Å². The van der Waals surface area contributed by atoms with Gasteiger partial charge in [-0.2, -0.15) is 0 Å². The number of hydrogen-bond acceptors (Lipinski definition) is 2. The van der Waals surface area contributed by atoms with Crippen molar-refractivity contribution in [3.8, 4) is 0 Å². The smallest absolute Gasteiger partial charge is 0.309 e. The second kappa shape index (κ2) is 6.55. The maximum absolute atomic E-state index is 11.9. The number of rotatable bonds is 4. The Morgan fingerprint density at radius 2 is 2.00 bits per heavy atom. The molecule has 0 unspecified atom stereocenters. The lowest BCUT2D eigenvalue weighted by Gasteiger charge is -2.13. The highest BCUT2D eigenvalue weighted by Gasteiger charge is 2.23. The largest absolute Gasteiger partial charge is 0.461 e. The van der Waals surface area contributed by atoms with Gasteiger partial charge in [-0.15, -0.1) is 0 Å². The van der Waals surface area contributed by atoms with E-state index in [0.29, 0.717) is 12.5 Å². The third-order valence-electron chi connectivity index (χ3n) is 3.45. The Morgan fingerprint density at radius 3 is 2.68 bits per heavy atom. The second-order valence-corrected chi connectivity index (χ2v) is 5.69. The van der Waals surface area contributed by atoms with Gasteiger partial charge in [-0.05, 0) is 36.3 Å². The van der Waals surface area contributed by atoms with Gasteiger partial charge < -0.3 is 4.74 Å². The fraction of sp³-hybridized carbons (Fsp3) is 0.471. The van der Waals surface area contributed by atoms with Crippen LogP contribution in [-0.4, -0.2) is 12.6 Å². The van der Waals surface area contributed by atoms with Crippen LogP contribution in [0.2, 0.25) is 0 Å². The minimum absolute atomic E-state index is 0.0342. The second-order valence-electron chi connectivity index (χ2n) is 5.69. The van der Waals surface area contributed by atoms with E-state index in [1.807, 2.05) is 18.2 Å². The SMILES string of the molecule is CC(C)C[C@H]1CC=C(Cc2ccccc2)COC1=O. The number of carbonyl (C=O) groups excluding carboxylic acids is 1. The van der Waals surface area contributed by atoms with E-state index in [4.69, 9.17) is 4.74 Å². The molecule has 102 valence electrons. The van der Waals surface area contributed by atoms with Gasteiger partial charge in [-0.25, -0.2) is 0 Å². The van der Waals surface area contributed by atoms with Crippen LogP contribution in [0.4, 0.5) is 0 Å². The van der Waals surface area contributed by atoms with Crippen LogP contribution in [0.25, 0.3) is 0 Å². The van der Waals surface area contributed by atoms with E-state index in [-0.39, 0.29) is 11.9 Å². The number of cyclic esters (lactones) is 1. The van der Waals surface area contributed by atoms with Crippen molar-refractivity contribution in [1.82, 2.24) is 0 Å². The van der Waals surface area contributed by atoms with Gasteiger partial charge in [0.1, 0.15) is 6.61 Å². The summed E-state index contributed by atoms with van der Waals surface area (Å²) >= 11 is 0. The summed E-state index contributed by atoms with van der Waals surface area (Å²) in [6, 6.07) is 10.3. The Kier molecular flexibility index (Phi) is 4.78. The summed E-state index contributed by atoms with van der Waals surface area (Å²) in [6.45, 7) is 4.74. The first-order valence-electron chi connectivity index (χ1n) is 7.03. The van der Waals surface area contributed by atoms with Crippen LogP contribution in [-0.2, 0) is 16.0 Å². The molecule has 0 bridgehead atoms. The third-order valence-corrected chi connectivity index (χ3v) is 3.45. The van der Waals surface area contributed by atoms with Crippen molar-refractivity contribution in [3.63, 3.8) is 0 Å². The van der Waals surface area contributed by atoms with Gasteiger partial charge in [0.2, 0.25) is 0 Å². The molecule has 0 aliphatic carbocycles.